The largest absolute Gasteiger partial charge is 0.507 e. The Morgan fingerprint density at radius 1 is 1.28 bits per heavy atom. The summed E-state index contributed by atoms with van der Waals surface area (Å²) in [7, 11) is 5.41. The Morgan fingerprint density at radius 2 is 2.00 bits per heavy atom. The molecule has 1 atom stereocenters. The number of ketones is 1. The van der Waals surface area contributed by atoms with Crippen LogP contribution in [0.25, 0.3) is 5.76 Å². The highest BCUT2D eigenvalue weighted by atomic mass is 35.5. The van der Waals surface area contributed by atoms with E-state index in [4.69, 9.17) is 20.8 Å². The fraction of sp³-hybridized carbons (Fsp3) is 0.333. The molecule has 1 aromatic heterocycles. The van der Waals surface area contributed by atoms with E-state index in [1.54, 1.807) is 31.2 Å². The molecule has 0 unspecified atom stereocenters. The molecule has 3 rings (SSSR count). The number of carbonyl (C=O) groups is 2. The molecule has 0 spiro atoms. The van der Waals surface area contributed by atoms with Crippen molar-refractivity contribution in [2.45, 2.75) is 13.0 Å². The van der Waals surface area contributed by atoms with E-state index in [1.807, 2.05) is 14.1 Å². The number of ether oxygens (including phenoxy) is 1. The van der Waals surface area contributed by atoms with E-state index in [-0.39, 0.29) is 16.4 Å². The molecule has 2 N–H and O–H groups in total. The van der Waals surface area contributed by atoms with Gasteiger partial charge in [-0.3, -0.25) is 9.59 Å². The van der Waals surface area contributed by atoms with Crippen LogP contribution in [0.15, 0.2) is 40.3 Å². The molecular weight excluding hydrogens is 396 g/mol. The number of methoxy groups -OCH3 is 1. The van der Waals surface area contributed by atoms with Gasteiger partial charge in [-0.15, -0.1) is 0 Å². The summed E-state index contributed by atoms with van der Waals surface area (Å²) in [5, 5.41) is 11.2. The van der Waals surface area contributed by atoms with E-state index in [0.717, 1.165) is 4.90 Å². The van der Waals surface area contributed by atoms with Gasteiger partial charge >= 0.3 is 0 Å². The van der Waals surface area contributed by atoms with E-state index in [0.29, 0.717) is 35.9 Å². The first-order valence-corrected chi connectivity index (χ1v) is 9.60. The van der Waals surface area contributed by atoms with Crippen LogP contribution in [0.2, 0.25) is 5.02 Å². The Balaban J connectivity index is 2.13. The number of furan rings is 1. The molecule has 0 aliphatic carbocycles. The molecule has 1 amide bonds. The lowest BCUT2D eigenvalue weighted by molar-refractivity contribution is -0.857. The topological polar surface area (TPSA) is 84.4 Å². The number of nitrogens with one attached hydrogen (secondary N) is 1. The lowest BCUT2D eigenvalue weighted by Gasteiger charge is -2.23. The normalized spacial score (nSPS) is 18.7. The third-order valence-corrected chi connectivity index (χ3v) is 5.14. The Morgan fingerprint density at radius 3 is 2.55 bits per heavy atom. The van der Waals surface area contributed by atoms with Gasteiger partial charge in [0.25, 0.3) is 11.7 Å². The van der Waals surface area contributed by atoms with Crippen molar-refractivity contribution in [2.75, 3.05) is 34.3 Å². The number of aliphatic hydroxyl groups is 1. The number of likely N-dealkylation sites (N-methyl/N-ethyl adjacent to an activating group) is 1. The number of Topliss-reactive ketones (excluding diaryl/α,β-unsaturated/α-hetero) is 1. The predicted octanol–water partition coefficient (Wildman–Crippen LogP) is 1.82. The smallest absolute Gasteiger partial charge is 0.295 e. The standard InChI is InChI=1S/C21H23ClN2O5/c1-12-5-7-16(29-12)18-17(20(26)21(27)24(18)10-9-23(2)3)19(25)13-6-8-15(28-4)14(22)11-13/h5-8,11,18,25H,9-10H2,1-4H3/p+1/t18-/m1/s1. The van der Waals surface area contributed by atoms with Crippen molar-refractivity contribution in [3.8, 4) is 5.75 Å². The van der Waals surface area contributed by atoms with Crippen LogP contribution >= 0.6 is 11.6 Å². The van der Waals surface area contributed by atoms with Crippen LogP contribution in [0.4, 0.5) is 0 Å². The molecule has 1 saturated heterocycles. The molecule has 29 heavy (non-hydrogen) atoms. The Bertz CT molecular complexity index is 979. The van der Waals surface area contributed by atoms with Crippen molar-refractivity contribution < 1.29 is 28.7 Å². The van der Waals surface area contributed by atoms with Crippen LogP contribution in [0, 0.1) is 6.92 Å². The lowest BCUT2D eigenvalue weighted by Crippen LogP contribution is -3.06. The van der Waals surface area contributed by atoms with Crippen LogP contribution in [0.1, 0.15) is 23.1 Å². The summed E-state index contributed by atoms with van der Waals surface area (Å²) in [5.74, 6) is -0.191. The molecule has 8 heteroatoms. The zero-order chi connectivity index (χ0) is 21.3. The van der Waals surface area contributed by atoms with Gasteiger partial charge in [0, 0.05) is 5.56 Å². The highest BCUT2D eigenvalue weighted by molar-refractivity contribution is 6.46. The Kier molecular flexibility index (Phi) is 6.00. The van der Waals surface area contributed by atoms with E-state index in [9.17, 15) is 14.7 Å². The van der Waals surface area contributed by atoms with Crippen LogP contribution in [-0.4, -0.2) is 56.0 Å². The monoisotopic (exact) mass is 419 g/mol. The molecule has 2 heterocycles. The summed E-state index contributed by atoms with van der Waals surface area (Å²) in [5.41, 5.74) is 0.305. The third kappa shape index (κ3) is 4.02. The van der Waals surface area contributed by atoms with Gasteiger partial charge in [0.15, 0.2) is 0 Å². The van der Waals surface area contributed by atoms with Gasteiger partial charge in [0.05, 0.1) is 44.9 Å². The van der Waals surface area contributed by atoms with E-state index < -0.39 is 17.7 Å². The molecule has 1 aromatic carbocycles. The zero-order valence-electron chi connectivity index (χ0n) is 16.8. The second-order valence-electron chi connectivity index (χ2n) is 7.25. The van der Waals surface area contributed by atoms with Crippen molar-refractivity contribution in [3.63, 3.8) is 0 Å². The van der Waals surface area contributed by atoms with Crippen LogP contribution < -0.4 is 9.64 Å². The molecule has 7 nitrogen and oxygen atoms in total. The van der Waals surface area contributed by atoms with Crippen LogP contribution in [0.3, 0.4) is 0 Å². The van der Waals surface area contributed by atoms with Gasteiger partial charge in [-0.1, -0.05) is 11.6 Å². The highest BCUT2D eigenvalue weighted by Gasteiger charge is 2.47. The number of benzene rings is 1. The zero-order valence-corrected chi connectivity index (χ0v) is 17.5. The number of likely N-dealkylation sites (tertiary alicyclic amines) is 1. The average molecular weight is 420 g/mol. The number of halogens is 1. The minimum absolute atomic E-state index is 0.0145. The van der Waals surface area contributed by atoms with Crippen molar-refractivity contribution >= 4 is 29.1 Å². The molecule has 154 valence electrons. The first kappa shape index (κ1) is 21.0. The maximum atomic E-state index is 12.9. The van der Waals surface area contributed by atoms with Crippen molar-refractivity contribution in [2.24, 2.45) is 0 Å². The molecule has 1 fully saturated rings. The second kappa shape index (κ2) is 8.31. The maximum Gasteiger partial charge on any atom is 0.295 e. The van der Waals surface area contributed by atoms with Crippen molar-refractivity contribution in [3.05, 3.63) is 58.0 Å². The predicted molar refractivity (Wildman–Crippen MR) is 108 cm³/mol. The number of rotatable bonds is 6. The number of hydrogen-bond donors (Lipinski definition) is 2. The first-order chi connectivity index (χ1) is 13.7. The van der Waals surface area contributed by atoms with Gasteiger partial charge in [-0.25, -0.2) is 0 Å². The summed E-state index contributed by atoms with van der Waals surface area (Å²) in [6.07, 6.45) is 0. The molecule has 2 aromatic rings. The minimum atomic E-state index is -0.802. The fourth-order valence-electron chi connectivity index (χ4n) is 3.32. The first-order valence-electron chi connectivity index (χ1n) is 9.22. The van der Waals surface area contributed by atoms with E-state index in [1.165, 1.54) is 18.1 Å². The summed E-state index contributed by atoms with van der Waals surface area (Å²) >= 11 is 6.17. The van der Waals surface area contributed by atoms with Gasteiger partial charge in [-0.05, 0) is 37.3 Å². The molecule has 0 bridgehead atoms. The van der Waals surface area contributed by atoms with E-state index in [2.05, 4.69) is 0 Å². The highest BCUT2D eigenvalue weighted by Crippen LogP contribution is 2.40. The van der Waals surface area contributed by atoms with Crippen LogP contribution in [-0.2, 0) is 9.59 Å². The Hall–Kier alpha value is -2.77. The van der Waals surface area contributed by atoms with Gasteiger partial charge in [0.2, 0.25) is 0 Å². The van der Waals surface area contributed by atoms with Gasteiger partial charge in [-0.2, -0.15) is 0 Å². The second-order valence-corrected chi connectivity index (χ2v) is 7.65. The number of aliphatic hydroxyl groups excluding tert-OH is 1. The number of nitrogens with zero attached hydrogens (tertiary/aromatic N) is 1. The molecule has 0 saturated carbocycles. The number of amides is 1. The number of carbonyl (C=O) groups excluding carboxylic acids is 2. The molecule has 1 aliphatic heterocycles. The van der Waals surface area contributed by atoms with Gasteiger partial charge < -0.3 is 24.1 Å². The summed E-state index contributed by atoms with van der Waals surface area (Å²) < 4.78 is 10.9. The summed E-state index contributed by atoms with van der Waals surface area (Å²) in [4.78, 5) is 28.2. The van der Waals surface area contributed by atoms with Crippen molar-refractivity contribution in [1.29, 1.82) is 0 Å². The van der Waals surface area contributed by atoms with Gasteiger partial charge in [0.1, 0.15) is 29.1 Å². The fourth-order valence-corrected chi connectivity index (χ4v) is 3.58. The average Bonchev–Trinajstić information content (AvgIpc) is 3.21. The molecule has 0 radical (unpaired) electrons. The molecule has 1 aliphatic rings. The number of hydrogen-bond acceptors (Lipinski definition) is 5. The number of aryl methyl sites for hydroxylation is 1. The summed E-state index contributed by atoms with van der Waals surface area (Å²) in [6.45, 7) is 2.76. The van der Waals surface area contributed by atoms with Crippen LogP contribution in [0.5, 0.6) is 5.75 Å². The lowest BCUT2D eigenvalue weighted by atomic mass is 9.99. The number of quaternary nitrogens is 1. The minimum Gasteiger partial charge on any atom is -0.507 e. The SMILES string of the molecule is COc1ccc(C(O)=C2C(=O)C(=O)N(CC[NH+](C)C)[C@@H]2c2ccc(C)o2)cc1Cl. The third-order valence-electron chi connectivity index (χ3n) is 4.85. The van der Waals surface area contributed by atoms with Crippen molar-refractivity contribution in [1.82, 2.24) is 4.90 Å². The van der Waals surface area contributed by atoms with E-state index >= 15 is 0 Å². The Labute approximate surface area is 174 Å². The summed E-state index contributed by atoms with van der Waals surface area (Å²) in [6, 6.07) is 7.35. The molecular formula is C21H24ClN2O5+. The maximum absolute atomic E-state index is 12.9. The quantitative estimate of drug-likeness (QED) is 0.424.